The molecule has 2 nitrogen and oxygen atoms in total. The second-order valence-electron chi connectivity index (χ2n) is 1.62. The first kappa shape index (κ1) is 17.1. The summed E-state index contributed by atoms with van der Waals surface area (Å²) in [5, 5.41) is 3.77. The number of ketones is 1. The Labute approximate surface area is 82.2 Å². The molecule has 0 aliphatic rings. The van der Waals surface area contributed by atoms with Gasteiger partial charge in [-0.25, -0.2) is 0 Å². The number of rotatable bonds is 2. The molecule has 0 fully saturated rings. The molecule has 0 saturated carbocycles. The maximum absolute atomic E-state index is 10.3. The van der Waals surface area contributed by atoms with Gasteiger partial charge in [-0.3, -0.25) is 4.79 Å². The third-order valence-electron chi connectivity index (χ3n) is 0.765. The molecule has 0 spiro atoms. The average Bonchev–Trinajstić information content (AvgIpc) is 1.91. The van der Waals surface area contributed by atoms with Crippen LogP contribution in [-0.4, -0.2) is 12.8 Å². The zero-order valence-corrected chi connectivity index (χ0v) is 10.8. The van der Waals surface area contributed by atoms with Crippen LogP contribution >= 0.6 is 0 Å². The molecule has 0 bridgehead atoms. The van der Waals surface area contributed by atoms with Gasteiger partial charge in [0, 0.05) is 0 Å². The van der Waals surface area contributed by atoms with Crippen molar-refractivity contribution in [3.8, 4) is 0 Å². The van der Waals surface area contributed by atoms with Gasteiger partial charge in [0.15, 0.2) is 5.78 Å². The molecule has 0 rings (SSSR count). The van der Waals surface area contributed by atoms with E-state index in [2.05, 4.69) is 12.2 Å². The van der Waals surface area contributed by atoms with Gasteiger partial charge in [0.05, 0.1) is 0 Å². The van der Waals surface area contributed by atoms with Crippen LogP contribution in [0.1, 0.15) is 20.8 Å². The third kappa shape index (κ3) is 17.7. The van der Waals surface area contributed by atoms with Crippen molar-refractivity contribution in [2.24, 2.45) is 0 Å². The van der Waals surface area contributed by atoms with Crippen LogP contribution < -0.4 is 0 Å². The Bertz CT molecular complexity index is 121. The molecule has 0 unspecified atom stereocenters. The monoisotopic (exact) mass is 205 g/mol. The van der Waals surface area contributed by atoms with E-state index in [0.29, 0.717) is 0 Å². The summed E-state index contributed by atoms with van der Waals surface area (Å²) in [7, 11) is 1.66. The number of carbonyl (C=O) groups is 1. The topological polar surface area (TPSA) is 31.2 Å². The first-order chi connectivity index (χ1) is 4.66. The second kappa shape index (κ2) is 12.5. The van der Waals surface area contributed by atoms with Gasteiger partial charge >= 0.3 is 19.5 Å². The normalized spacial score (nSPS) is 8.64. The van der Waals surface area contributed by atoms with Crippen LogP contribution in [0.15, 0.2) is 11.8 Å². The number of allylic oxidation sites excluding steroid dienone is 2. The molecular weight excluding hydrogens is 191 g/mol. The number of hydrogen-bond donors (Lipinski definition) is 0. The smallest absolute Gasteiger partial charge is 0.690 e. The number of carbonyl (C=O) groups excluding carboxylic acids is 1. The van der Waals surface area contributed by atoms with E-state index >= 15 is 0 Å². The summed E-state index contributed by atoms with van der Waals surface area (Å²) in [6.45, 7) is 8.30. The standard InChI is InChI=1S/C6H11NO.C2H5.Zn/c1-5(7-3)4-6(2)8;1-2;/h4H,1-3H3,(H,7,8);1H2,2H3;/q;-1;+2/p-1. The van der Waals surface area contributed by atoms with Gasteiger partial charge in [0.2, 0.25) is 0 Å². The van der Waals surface area contributed by atoms with Gasteiger partial charge in [-0.2, -0.15) is 12.6 Å². The van der Waals surface area contributed by atoms with Gasteiger partial charge in [-0.15, -0.1) is 7.05 Å². The SMILES string of the molecule is C[N-]C(C)=CC(C)=O.[CH2-]C.[Zn+2]. The predicted octanol–water partition coefficient (Wildman–Crippen LogP) is 2.32. The number of nitrogens with zero attached hydrogens (tertiary/aromatic N) is 1. The van der Waals surface area contributed by atoms with Crippen LogP contribution in [-0.2, 0) is 24.3 Å². The van der Waals surface area contributed by atoms with Crippen LogP contribution in [0.3, 0.4) is 0 Å². The predicted molar refractivity (Wildman–Crippen MR) is 44.8 cm³/mol. The first-order valence-electron chi connectivity index (χ1n) is 3.16. The van der Waals surface area contributed by atoms with Crippen LogP contribution in [0, 0.1) is 6.92 Å². The molecule has 0 aromatic carbocycles. The van der Waals surface area contributed by atoms with Crippen molar-refractivity contribution in [1.82, 2.24) is 0 Å². The van der Waals surface area contributed by atoms with Gasteiger partial charge in [-0.1, -0.05) is 6.92 Å². The van der Waals surface area contributed by atoms with E-state index in [1.165, 1.54) is 13.0 Å². The van der Waals surface area contributed by atoms with Crippen molar-refractivity contribution in [2.45, 2.75) is 20.8 Å². The summed E-state index contributed by atoms with van der Waals surface area (Å²) in [4.78, 5) is 10.3. The van der Waals surface area contributed by atoms with Gasteiger partial charge < -0.3 is 12.2 Å². The van der Waals surface area contributed by atoms with E-state index < -0.39 is 0 Å². The fraction of sp³-hybridized carbons (Fsp3) is 0.500. The zero-order valence-electron chi connectivity index (χ0n) is 7.85. The summed E-state index contributed by atoms with van der Waals surface area (Å²) in [5.41, 5.74) is 0.775. The molecule has 0 saturated heterocycles. The van der Waals surface area contributed by atoms with Crippen molar-refractivity contribution in [3.05, 3.63) is 24.0 Å². The summed E-state index contributed by atoms with van der Waals surface area (Å²) in [6, 6.07) is 0. The summed E-state index contributed by atoms with van der Waals surface area (Å²) in [5.74, 6) is 0.0492. The Morgan fingerprint density at radius 1 is 1.36 bits per heavy atom. The molecule has 0 radical (unpaired) electrons. The van der Waals surface area contributed by atoms with E-state index in [-0.39, 0.29) is 25.3 Å². The van der Waals surface area contributed by atoms with Crippen molar-refractivity contribution < 1.29 is 24.3 Å². The second-order valence-corrected chi connectivity index (χ2v) is 1.62. The Morgan fingerprint density at radius 2 is 1.73 bits per heavy atom. The molecule has 0 N–H and O–H groups in total. The third-order valence-corrected chi connectivity index (χ3v) is 0.765. The Morgan fingerprint density at radius 3 is 1.82 bits per heavy atom. The molecular formula is C8H15NOZn. The molecule has 3 heteroatoms. The first-order valence-corrected chi connectivity index (χ1v) is 3.16. The van der Waals surface area contributed by atoms with Crippen LogP contribution in [0.2, 0.25) is 0 Å². The largest absolute Gasteiger partial charge is 2.00 e. The maximum Gasteiger partial charge on any atom is 2.00 e. The number of hydrogen-bond acceptors (Lipinski definition) is 1. The summed E-state index contributed by atoms with van der Waals surface area (Å²) < 4.78 is 0. The van der Waals surface area contributed by atoms with Crippen LogP contribution in [0.4, 0.5) is 0 Å². The van der Waals surface area contributed by atoms with E-state index in [0.717, 1.165) is 5.70 Å². The van der Waals surface area contributed by atoms with Gasteiger partial charge in [0.1, 0.15) is 0 Å². The van der Waals surface area contributed by atoms with Gasteiger partial charge in [0.25, 0.3) is 0 Å². The minimum absolute atomic E-state index is 0. The molecule has 0 amide bonds. The van der Waals surface area contributed by atoms with Crippen molar-refractivity contribution >= 4 is 5.78 Å². The summed E-state index contributed by atoms with van der Waals surface area (Å²) in [6.07, 6.45) is 1.50. The van der Waals surface area contributed by atoms with Gasteiger partial charge in [-0.05, 0) is 13.0 Å². The fourth-order valence-corrected chi connectivity index (χ4v) is 0.359. The van der Waals surface area contributed by atoms with Crippen LogP contribution in [0.25, 0.3) is 5.32 Å². The maximum atomic E-state index is 10.3. The van der Waals surface area contributed by atoms with Crippen LogP contribution in [0.5, 0.6) is 0 Å². The Hall–Kier alpha value is -0.167. The Kier molecular flexibility index (Phi) is 19.4. The molecule has 60 valence electrons. The van der Waals surface area contributed by atoms with E-state index in [4.69, 9.17) is 0 Å². The molecule has 11 heavy (non-hydrogen) atoms. The molecule has 0 aliphatic carbocycles. The molecule has 0 aliphatic heterocycles. The summed E-state index contributed by atoms with van der Waals surface area (Å²) >= 11 is 0. The average molecular weight is 207 g/mol. The van der Waals surface area contributed by atoms with Crippen molar-refractivity contribution in [1.29, 1.82) is 0 Å². The fourth-order valence-electron chi connectivity index (χ4n) is 0.359. The minimum atomic E-state index is 0. The Balaban J connectivity index is -0.000000196. The molecule has 0 aromatic heterocycles. The molecule has 0 heterocycles. The minimum Gasteiger partial charge on any atom is -0.690 e. The van der Waals surface area contributed by atoms with Crippen molar-refractivity contribution in [2.75, 3.05) is 7.05 Å². The quantitative estimate of drug-likeness (QED) is 0.388. The zero-order chi connectivity index (χ0) is 8.57. The molecule has 0 atom stereocenters. The van der Waals surface area contributed by atoms with E-state index in [9.17, 15) is 4.79 Å². The molecule has 0 aromatic rings. The van der Waals surface area contributed by atoms with E-state index in [1.807, 2.05) is 0 Å². The van der Waals surface area contributed by atoms with Crippen molar-refractivity contribution in [3.63, 3.8) is 0 Å². The van der Waals surface area contributed by atoms with E-state index in [1.54, 1.807) is 20.9 Å².